The van der Waals surface area contributed by atoms with Crippen LogP contribution < -0.4 is 14.4 Å². The molecule has 9 nitrogen and oxygen atoms in total. The standard InChI is InChI=1S/C27H28N4O5S2/c1-35-21-6-9-23(10-7-21)38(33,34)30-15-12-19(13-16-30)26(32)31(18-20-5-3-4-14-28-20)27-29-24-17-22(36-2)8-11-25(24)37-27/h3-11,14,17,19H,12-13,15-16,18H2,1-2H3. The van der Waals surface area contributed by atoms with E-state index in [0.29, 0.717) is 29.5 Å². The Morgan fingerprint density at radius 3 is 2.39 bits per heavy atom. The molecule has 0 N–H and O–H groups in total. The summed E-state index contributed by atoms with van der Waals surface area (Å²) in [5.41, 5.74) is 1.50. The largest absolute Gasteiger partial charge is 0.497 e. The number of thiazole rings is 1. The van der Waals surface area contributed by atoms with E-state index in [1.807, 2.05) is 36.4 Å². The average Bonchev–Trinajstić information content (AvgIpc) is 3.39. The number of sulfonamides is 1. The van der Waals surface area contributed by atoms with Crippen LogP contribution in [0.2, 0.25) is 0 Å². The lowest BCUT2D eigenvalue weighted by atomic mass is 9.96. The predicted molar refractivity (Wildman–Crippen MR) is 146 cm³/mol. The molecule has 0 bridgehead atoms. The minimum absolute atomic E-state index is 0.0804. The molecule has 1 saturated heterocycles. The number of carbonyl (C=O) groups is 1. The Morgan fingerprint density at radius 1 is 1.03 bits per heavy atom. The molecule has 38 heavy (non-hydrogen) atoms. The summed E-state index contributed by atoms with van der Waals surface area (Å²) in [5.74, 6) is 0.877. The van der Waals surface area contributed by atoms with Crippen LogP contribution in [0.3, 0.4) is 0 Å². The molecule has 1 aliphatic rings. The number of pyridine rings is 1. The van der Waals surface area contributed by atoms with Gasteiger partial charge in [-0.25, -0.2) is 13.4 Å². The molecule has 5 rings (SSSR count). The van der Waals surface area contributed by atoms with Gasteiger partial charge >= 0.3 is 0 Å². The van der Waals surface area contributed by atoms with Crippen molar-refractivity contribution in [1.29, 1.82) is 0 Å². The highest BCUT2D eigenvalue weighted by molar-refractivity contribution is 7.89. The van der Waals surface area contributed by atoms with Crippen LogP contribution >= 0.6 is 11.3 Å². The van der Waals surface area contributed by atoms with E-state index >= 15 is 0 Å². The van der Waals surface area contributed by atoms with Crippen LogP contribution in [0.25, 0.3) is 10.2 Å². The maximum absolute atomic E-state index is 13.9. The fourth-order valence-corrected chi connectivity index (χ4v) is 6.91. The lowest BCUT2D eigenvalue weighted by Gasteiger charge is -2.33. The summed E-state index contributed by atoms with van der Waals surface area (Å²) in [5, 5.41) is 0.581. The molecule has 0 spiro atoms. The van der Waals surface area contributed by atoms with E-state index in [0.717, 1.165) is 15.9 Å². The second-order valence-electron chi connectivity index (χ2n) is 8.93. The van der Waals surface area contributed by atoms with Gasteiger partial charge in [-0.15, -0.1) is 0 Å². The highest BCUT2D eigenvalue weighted by atomic mass is 32.2. The number of aromatic nitrogens is 2. The van der Waals surface area contributed by atoms with Gasteiger partial charge in [0, 0.05) is 31.3 Å². The Morgan fingerprint density at radius 2 is 1.74 bits per heavy atom. The topological polar surface area (TPSA) is 102 Å². The average molecular weight is 553 g/mol. The summed E-state index contributed by atoms with van der Waals surface area (Å²) < 4.78 is 39.2. The molecule has 2 aromatic heterocycles. The summed E-state index contributed by atoms with van der Waals surface area (Å²) >= 11 is 1.44. The zero-order valence-corrected chi connectivity index (χ0v) is 22.7. The Balaban J connectivity index is 1.36. The number of fused-ring (bicyclic) bond motifs is 1. The number of ether oxygens (including phenoxy) is 2. The van der Waals surface area contributed by atoms with E-state index in [9.17, 15) is 13.2 Å². The number of anilines is 1. The summed E-state index contributed by atoms with van der Waals surface area (Å²) in [6, 6.07) is 17.6. The summed E-state index contributed by atoms with van der Waals surface area (Å²) in [4.78, 5) is 24.9. The third-order valence-electron chi connectivity index (χ3n) is 6.63. The van der Waals surface area contributed by atoms with Gasteiger partial charge in [0.25, 0.3) is 0 Å². The Labute approximate surface area is 225 Å². The van der Waals surface area contributed by atoms with E-state index in [-0.39, 0.29) is 36.4 Å². The third kappa shape index (κ3) is 5.35. The highest BCUT2D eigenvalue weighted by Gasteiger charge is 2.35. The Hall–Kier alpha value is -3.54. The molecule has 1 amide bonds. The van der Waals surface area contributed by atoms with Crippen molar-refractivity contribution < 1.29 is 22.7 Å². The summed E-state index contributed by atoms with van der Waals surface area (Å²) in [6.07, 6.45) is 2.54. The number of nitrogens with zero attached hydrogens (tertiary/aromatic N) is 4. The Kier molecular flexibility index (Phi) is 7.59. The van der Waals surface area contributed by atoms with Crippen LogP contribution in [-0.2, 0) is 21.4 Å². The van der Waals surface area contributed by atoms with Gasteiger partial charge in [0.05, 0.1) is 41.6 Å². The lowest BCUT2D eigenvalue weighted by Crippen LogP contribution is -2.44. The molecule has 3 heterocycles. The van der Waals surface area contributed by atoms with Crippen LogP contribution in [-0.4, -0.2) is 55.9 Å². The third-order valence-corrected chi connectivity index (χ3v) is 9.60. The van der Waals surface area contributed by atoms with E-state index in [2.05, 4.69) is 4.98 Å². The van der Waals surface area contributed by atoms with Crippen LogP contribution in [0, 0.1) is 5.92 Å². The Bertz CT molecular complexity index is 1520. The van der Waals surface area contributed by atoms with Crippen molar-refractivity contribution in [1.82, 2.24) is 14.3 Å². The van der Waals surface area contributed by atoms with Crippen LogP contribution in [0.4, 0.5) is 5.13 Å². The van der Waals surface area contributed by atoms with Crippen molar-refractivity contribution in [3.05, 3.63) is 72.6 Å². The number of benzene rings is 2. The normalized spacial score (nSPS) is 14.9. The van der Waals surface area contributed by atoms with Gasteiger partial charge in [0.15, 0.2) is 5.13 Å². The maximum Gasteiger partial charge on any atom is 0.243 e. The van der Waals surface area contributed by atoms with E-state index in [1.165, 1.54) is 22.8 Å². The number of hydrogen-bond donors (Lipinski definition) is 0. The zero-order valence-electron chi connectivity index (χ0n) is 21.1. The first kappa shape index (κ1) is 26.1. The van der Waals surface area contributed by atoms with Crippen LogP contribution in [0.15, 0.2) is 71.8 Å². The summed E-state index contributed by atoms with van der Waals surface area (Å²) in [7, 11) is -0.521. The molecule has 0 saturated carbocycles. The fourth-order valence-electron chi connectivity index (χ4n) is 4.49. The lowest BCUT2D eigenvalue weighted by molar-refractivity contribution is -0.123. The molecule has 0 atom stereocenters. The fraction of sp³-hybridized carbons (Fsp3) is 0.296. The van der Waals surface area contributed by atoms with Crippen molar-refractivity contribution in [2.75, 3.05) is 32.2 Å². The molecule has 1 aliphatic heterocycles. The SMILES string of the molecule is COc1ccc(S(=O)(=O)N2CCC(C(=O)N(Cc3ccccn3)c3nc4cc(OC)ccc4s3)CC2)cc1. The molecule has 0 radical (unpaired) electrons. The molecular weight excluding hydrogens is 524 g/mol. The molecule has 11 heteroatoms. The van der Waals surface area contributed by atoms with Gasteiger partial charge in [-0.2, -0.15) is 4.31 Å². The summed E-state index contributed by atoms with van der Waals surface area (Å²) in [6.45, 7) is 0.805. The minimum atomic E-state index is -3.66. The van der Waals surface area contributed by atoms with Gasteiger partial charge in [-0.1, -0.05) is 17.4 Å². The molecule has 0 unspecified atom stereocenters. The second kappa shape index (κ2) is 11.1. The van der Waals surface area contributed by atoms with Crippen LogP contribution in [0.5, 0.6) is 11.5 Å². The molecule has 4 aromatic rings. The first-order valence-electron chi connectivity index (χ1n) is 12.2. The number of piperidine rings is 1. The van der Waals surface area contributed by atoms with Gasteiger partial charge in [0.1, 0.15) is 11.5 Å². The van der Waals surface area contributed by atoms with Gasteiger partial charge in [-0.05, 0) is 61.4 Å². The number of hydrogen-bond acceptors (Lipinski definition) is 8. The van der Waals surface area contributed by atoms with Crippen molar-refractivity contribution in [3.8, 4) is 11.5 Å². The number of carbonyl (C=O) groups excluding carboxylic acids is 1. The second-order valence-corrected chi connectivity index (χ2v) is 11.9. The smallest absolute Gasteiger partial charge is 0.243 e. The molecule has 1 fully saturated rings. The number of methoxy groups -OCH3 is 2. The molecule has 0 aliphatic carbocycles. The molecular formula is C27H28N4O5S2. The van der Waals surface area contributed by atoms with Crippen molar-refractivity contribution in [2.45, 2.75) is 24.3 Å². The van der Waals surface area contributed by atoms with Crippen molar-refractivity contribution in [2.24, 2.45) is 5.92 Å². The maximum atomic E-state index is 13.9. The zero-order chi connectivity index (χ0) is 26.7. The number of amides is 1. The van der Waals surface area contributed by atoms with E-state index < -0.39 is 10.0 Å². The first-order chi connectivity index (χ1) is 18.4. The first-order valence-corrected chi connectivity index (χ1v) is 14.4. The van der Waals surface area contributed by atoms with Crippen LogP contribution in [0.1, 0.15) is 18.5 Å². The minimum Gasteiger partial charge on any atom is -0.497 e. The monoisotopic (exact) mass is 552 g/mol. The van der Waals surface area contributed by atoms with E-state index in [1.54, 1.807) is 42.5 Å². The molecule has 2 aromatic carbocycles. The van der Waals surface area contributed by atoms with Gasteiger partial charge < -0.3 is 9.47 Å². The quantitative estimate of drug-likeness (QED) is 0.320. The van der Waals surface area contributed by atoms with Crippen molar-refractivity contribution >= 4 is 42.6 Å². The van der Waals surface area contributed by atoms with Crippen molar-refractivity contribution in [3.63, 3.8) is 0 Å². The molecule has 198 valence electrons. The van der Waals surface area contributed by atoms with E-state index in [4.69, 9.17) is 14.5 Å². The van der Waals surface area contributed by atoms with Gasteiger partial charge in [-0.3, -0.25) is 14.7 Å². The number of rotatable bonds is 8. The predicted octanol–water partition coefficient (Wildman–Crippen LogP) is 4.34. The van der Waals surface area contributed by atoms with Gasteiger partial charge in [0.2, 0.25) is 15.9 Å². The highest BCUT2D eigenvalue weighted by Crippen LogP contribution is 2.34.